The normalized spacial score (nSPS) is 15.3. The number of fused-ring (bicyclic) bond motifs is 10. The summed E-state index contributed by atoms with van der Waals surface area (Å²) in [5, 5.41) is 18.2. The van der Waals surface area contributed by atoms with Crippen LogP contribution in [0.15, 0.2) is 390 Å². The van der Waals surface area contributed by atoms with Crippen molar-refractivity contribution >= 4 is 139 Å². The topological polar surface area (TPSA) is 164 Å². The van der Waals surface area contributed by atoms with Crippen LogP contribution in [-0.2, 0) is 80.4 Å². The van der Waals surface area contributed by atoms with Gasteiger partial charge in [0.25, 0.3) is 0 Å². The fourth-order valence-corrected chi connectivity index (χ4v) is 16.1. The molecule has 18 aromatic rings. The SMILES string of the molecule is C=C[C-]=CC=C.[2H]C([2H])([2H])c1ccc(C2=CC=CC[CH-]2)nc1.[2H]C([2H])[2H].[2H]C=C/C([2H])=C(/[2H])C(=[N-])c1[c-]ccc2c1sc1nc(C)ccc12.[2H]c1c(C([2H])([2H])[2H])cnc(-c2[c-]ccc3c2sc2nc(C([2H])([2H])[2H])ccc23)c1[2H].[2H]c1c(C([2H])([2H])[2H])cnc(C(=C)[C-]=CC=C)c1[2H].[2H]c1nc(-c2[c-]ccc3c2sc2nc(C([2H])([2H])[2H])ccc23)c([2H])c([2H])c1[2H].[2H]c1nc(-c2[c-]cccc3cccnc3sc2)c([2H])c([2H])c1[2H].[Ir+3].[Ir].[Ir].[Ir].[c-]1ccccc1C1=NC=CCC1.c1ccncc1. The van der Waals surface area contributed by atoms with Crippen molar-refractivity contribution in [1.29, 1.82) is 0 Å². The standard InChI is InChI=1S/C18H13N2S.C17H11N2S.C17H12N2S.C16H11N2S.2C12H12N.C11H10N.C6H7.C5H5N.CH4.4Ir/c1-11-6-9-16(19-10-11)15-5-3-4-13-14-8-7-12(2)20-18(14)21-17(13)15;1-11-8-9-13-12-5-4-6-14(15-7-2-3-10-18-15)16(12)20-17(13)19-11;1-3-4-8-15(18)14-7-5-6-12-13-10-9-11(2)19-17(13)20-16(12)14;1-2-7-14(15-9-3-4-10-17-15)12-19-16-13(6-1)8-5-11-18-16;1-10-7-8-12(13-9-10)11-5-3-2-4-6-11;1-4-5-6-11(3)12-8-7-10(2)9-13-12;1-2-6-10(7-3-1)11-8-4-5-9-12-11;1-3-5-6-4-2;1-2-4-6-5-3-1;;;;;/h3-4,6-10H,1-2H3;2-5,7-10H,1H3;3-6,8-10H,1H2,2H3;1-6,8-12H;2-3,5-9H,4H2,1H3;4-5,7-9H,1,3H2,2H3;1-3,5-6,9H,4,8H2;3-5H,1-2H2;1-5H;1H4;;;;/q2*-1;-2;5*-1;;;;;;+3/b;;8-4-;;;;;;;;;;;/i1D3,2D3,6D,9D;1D3,2D,3D,7D,10D;1D,4D,8D;3D,4D,9D,10D;1D3;2D3,7D,8D;;;;1D3;;;;/b;;3-1?,8-4-;;;;;;;;;;;. The van der Waals surface area contributed by atoms with Gasteiger partial charge in [-0.15, -0.1) is 174 Å². The van der Waals surface area contributed by atoms with Crippen LogP contribution in [0.4, 0.5) is 0 Å². The molecule has 20 rings (SSSR count). The van der Waals surface area contributed by atoms with Crippen molar-refractivity contribution in [2.45, 2.75) is 67.8 Å². The number of hydrogen-bond donors (Lipinski definition) is 0. The average Bonchev–Trinajstić information content (AvgIpc) is 1.50. The summed E-state index contributed by atoms with van der Waals surface area (Å²) < 4.78 is 248. The van der Waals surface area contributed by atoms with Gasteiger partial charge in [0, 0.05) is 165 Å². The molecule has 20 heteroatoms. The molecule has 0 saturated carbocycles. The number of aromatic nitrogens is 10. The van der Waals surface area contributed by atoms with Gasteiger partial charge < -0.3 is 35.3 Å². The second kappa shape index (κ2) is 58.6. The smallest absolute Gasteiger partial charge is 0.855 e. The number of thiophene rings is 3. The van der Waals surface area contributed by atoms with Gasteiger partial charge in [-0.25, -0.2) is 25.6 Å². The first-order valence-electron chi connectivity index (χ1n) is 56.1. The zero-order valence-electron chi connectivity index (χ0n) is 104. The summed E-state index contributed by atoms with van der Waals surface area (Å²) in [5.41, 5.74) is 7.16. The molecule has 0 spiro atoms. The Morgan fingerprint density at radius 1 is 0.556 bits per heavy atom. The van der Waals surface area contributed by atoms with Crippen molar-refractivity contribution in [2.75, 3.05) is 0 Å². The molecule has 15 heterocycles. The van der Waals surface area contributed by atoms with Crippen molar-refractivity contribution in [1.82, 2.24) is 49.8 Å². The van der Waals surface area contributed by atoms with Crippen molar-refractivity contribution in [3.63, 3.8) is 0 Å². The summed E-state index contributed by atoms with van der Waals surface area (Å²) in [7, 11) is -1.42. The quantitative estimate of drug-likeness (QED) is 0.0616. The van der Waals surface area contributed by atoms with Gasteiger partial charge in [0.15, 0.2) is 0 Å². The Hall–Kier alpha value is -12.6. The maximum atomic E-state index is 10.4. The summed E-state index contributed by atoms with van der Waals surface area (Å²) in [4.78, 5) is 48.4. The molecule has 0 bridgehead atoms. The van der Waals surface area contributed by atoms with E-state index < -0.39 is 53.7 Å². The molecule has 0 amide bonds. The molecule has 14 aromatic heterocycles. The van der Waals surface area contributed by atoms with Crippen LogP contribution in [0.5, 0.6) is 0 Å². The van der Waals surface area contributed by atoms with E-state index in [0.29, 0.717) is 46.9 Å². The molecule has 0 unspecified atom stereocenters. The molecule has 2 aliphatic rings. The largest absolute Gasteiger partial charge is 3.00 e. The van der Waals surface area contributed by atoms with Crippen LogP contribution in [0.3, 0.4) is 0 Å². The summed E-state index contributed by atoms with van der Waals surface area (Å²) in [6.07, 6.45) is 37.7. The van der Waals surface area contributed by atoms with E-state index in [0.717, 1.165) is 125 Å². The Balaban J connectivity index is 0.000000259. The van der Waals surface area contributed by atoms with Gasteiger partial charge in [-0.1, -0.05) is 157 Å². The Bertz CT molecular complexity index is 8820. The van der Waals surface area contributed by atoms with E-state index in [4.69, 9.17) is 45.2 Å². The van der Waals surface area contributed by atoms with E-state index in [9.17, 15) is 5.41 Å². The predicted molar refractivity (Wildman–Crippen MR) is 560 cm³/mol. The maximum absolute atomic E-state index is 10.4. The maximum Gasteiger partial charge on any atom is 3.00 e. The molecule has 0 fully saturated rings. The van der Waals surface area contributed by atoms with E-state index in [1.54, 1.807) is 90.7 Å². The molecule has 0 atom stereocenters. The van der Waals surface area contributed by atoms with Gasteiger partial charge in [0.1, 0.15) is 19.3 Å². The second-order valence-corrected chi connectivity index (χ2v) is 30.3. The molecular weight excluding hydrogens is 2450 g/mol. The second-order valence-electron chi connectivity index (χ2n) is 26.5. The number of rotatable bonds is 13. The number of aliphatic imine (C=N–C) groups is 1. The number of benzene rings is 4. The summed E-state index contributed by atoms with van der Waals surface area (Å²) >= 11 is 5.29. The van der Waals surface area contributed by atoms with Crippen molar-refractivity contribution in [3.05, 3.63) is 496 Å². The van der Waals surface area contributed by atoms with E-state index in [2.05, 4.69) is 148 Å². The minimum atomic E-state index is -2.53. The third kappa shape index (κ3) is 32.6. The van der Waals surface area contributed by atoms with E-state index in [1.807, 2.05) is 116 Å². The Morgan fingerprint density at radius 2 is 1.16 bits per heavy atom. The summed E-state index contributed by atoms with van der Waals surface area (Å²) in [6, 6.07) is 58.6. The van der Waals surface area contributed by atoms with Gasteiger partial charge in [-0.3, -0.25) is 4.98 Å². The third-order valence-corrected chi connectivity index (χ3v) is 21.9. The number of allylic oxidation sites excluding steroid dienone is 16. The molecule has 0 N–H and O–H groups in total. The first-order chi connectivity index (χ1) is 77.7. The van der Waals surface area contributed by atoms with Crippen LogP contribution in [0, 0.1) is 90.1 Å². The molecule has 1 aliphatic carbocycles. The Labute approximate surface area is 910 Å². The first-order valence-corrected chi connectivity index (χ1v) is 42.7. The number of aryl methyl sites for hydroxylation is 6. The minimum Gasteiger partial charge on any atom is -0.855 e. The van der Waals surface area contributed by atoms with Crippen LogP contribution in [0.1, 0.15) is 128 Å². The van der Waals surface area contributed by atoms with E-state index >= 15 is 0 Å². The Kier molecular flexibility index (Phi) is 30.0. The van der Waals surface area contributed by atoms with Crippen molar-refractivity contribution in [3.8, 4) is 33.8 Å². The van der Waals surface area contributed by atoms with Crippen LogP contribution in [0.25, 0.3) is 121 Å². The average molecular weight is 2580 g/mol. The summed E-state index contributed by atoms with van der Waals surface area (Å²) in [5.74, 6) is 0. The van der Waals surface area contributed by atoms with E-state index in [-0.39, 0.29) is 210 Å². The monoisotopic (exact) mass is 2580 g/mol. The fourth-order valence-electron chi connectivity index (χ4n) is 11.7. The zero-order chi connectivity index (χ0) is 120. The van der Waals surface area contributed by atoms with Gasteiger partial charge >= 0.3 is 20.1 Å². The molecule has 135 heavy (non-hydrogen) atoms. The van der Waals surface area contributed by atoms with Crippen LogP contribution in [0.2, 0.25) is 0 Å². The number of nitrogens with zero attached hydrogens (tertiary/aromatic N) is 12. The van der Waals surface area contributed by atoms with Gasteiger partial charge in [-0.2, -0.15) is 113 Å². The van der Waals surface area contributed by atoms with Gasteiger partial charge in [0.05, 0.1) is 19.2 Å². The molecule has 12 nitrogen and oxygen atoms in total. The Morgan fingerprint density at radius 3 is 1.76 bits per heavy atom. The molecular formula is C115H97Ir4N12S4-6. The molecule has 4 aromatic carbocycles. The first kappa shape index (κ1) is 69.3. The predicted octanol–water partition coefficient (Wildman–Crippen LogP) is 30.4. The minimum absolute atomic E-state index is 0. The molecule has 1 aliphatic heterocycles. The van der Waals surface area contributed by atoms with Gasteiger partial charge in [0.2, 0.25) is 0 Å². The molecule has 683 valence electrons. The zero-order valence-corrected chi connectivity index (χ0v) is 84.3. The van der Waals surface area contributed by atoms with Crippen LogP contribution in [-0.4, -0.2) is 61.3 Å². The van der Waals surface area contributed by atoms with Crippen molar-refractivity contribution in [2.24, 2.45) is 4.99 Å². The van der Waals surface area contributed by atoms with Crippen LogP contribution < -0.4 is 0 Å². The van der Waals surface area contributed by atoms with Gasteiger partial charge in [-0.05, 0) is 184 Å². The number of hydrogen-bond acceptors (Lipinski definition) is 15. The van der Waals surface area contributed by atoms with Crippen molar-refractivity contribution < 1.29 is 126 Å². The van der Waals surface area contributed by atoms with E-state index in [1.165, 1.54) is 75.8 Å². The fraction of sp³-hybridized carbons (Fsp3) is 0.0870. The third-order valence-electron chi connectivity index (χ3n) is 17.6. The molecule has 0 saturated heterocycles. The number of pyridine rings is 10. The summed E-state index contributed by atoms with van der Waals surface area (Å²) in [6.45, 7) is 5.14. The van der Waals surface area contributed by atoms with Crippen LogP contribution >= 0.6 is 45.3 Å². The molecule has 3 radical (unpaired) electrons.